The number of methoxy groups -OCH3 is 2. The minimum absolute atomic E-state index is 0.0450. The van der Waals surface area contributed by atoms with Crippen molar-refractivity contribution in [3.05, 3.63) is 48.3 Å². The fraction of sp³-hybridized carbons (Fsp3) is 0.500. The first kappa shape index (κ1) is 19.3. The van der Waals surface area contributed by atoms with E-state index in [1.54, 1.807) is 14.2 Å². The highest BCUT2D eigenvalue weighted by molar-refractivity contribution is 5.81. The summed E-state index contributed by atoms with van der Waals surface area (Å²) < 4.78 is 13.0. The van der Waals surface area contributed by atoms with Crippen LogP contribution in [0.15, 0.2) is 42.7 Å². The molecule has 1 aromatic heterocycles. The Morgan fingerprint density at radius 1 is 1.19 bits per heavy atom. The molecule has 1 aliphatic rings. The van der Waals surface area contributed by atoms with Gasteiger partial charge < -0.3 is 18.9 Å². The molecule has 0 radical (unpaired) electrons. The minimum Gasteiger partial charge on any atom is -0.497 e. The normalized spacial score (nSPS) is 18.0. The van der Waals surface area contributed by atoms with Crippen molar-refractivity contribution in [2.45, 2.75) is 45.2 Å². The molecule has 1 fully saturated rings. The Morgan fingerprint density at radius 2 is 1.93 bits per heavy atom. The summed E-state index contributed by atoms with van der Waals surface area (Å²) in [6, 6.07) is 9.71. The van der Waals surface area contributed by atoms with E-state index in [0.29, 0.717) is 5.92 Å². The van der Waals surface area contributed by atoms with Crippen LogP contribution in [-0.2, 0) is 4.79 Å². The summed E-state index contributed by atoms with van der Waals surface area (Å²) in [6.07, 6.45) is 6.77. The molecule has 1 aliphatic heterocycles. The smallest absolute Gasteiger partial charge is 0.246 e. The van der Waals surface area contributed by atoms with Gasteiger partial charge in [0.05, 0.1) is 20.3 Å². The van der Waals surface area contributed by atoms with Crippen LogP contribution in [0.5, 0.6) is 11.5 Å². The Morgan fingerprint density at radius 3 is 2.56 bits per heavy atom. The Bertz CT molecular complexity index is 755. The fourth-order valence-electron chi connectivity index (χ4n) is 3.99. The highest BCUT2D eigenvalue weighted by Gasteiger charge is 2.36. The van der Waals surface area contributed by atoms with Gasteiger partial charge in [0.1, 0.15) is 17.5 Å². The second-order valence-corrected chi connectivity index (χ2v) is 7.57. The first-order valence-electron chi connectivity index (χ1n) is 9.70. The van der Waals surface area contributed by atoms with Gasteiger partial charge in [-0.1, -0.05) is 13.8 Å². The molecular weight excluding hydrogens is 340 g/mol. The van der Waals surface area contributed by atoms with Gasteiger partial charge in [-0.3, -0.25) is 4.79 Å². The Labute approximate surface area is 161 Å². The average molecular weight is 370 g/mol. The Hall–Kier alpha value is -2.43. The molecule has 0 saturated carbocycles. The van der Waals surface area contributed by atoms with E-state index in [4.69, 9.17) is 9.47 Å². The van der Waals surface area contributed by atoms with Crippen molar-refractivity contribution in [3.63, 3.8) is 0 Å². The standard InChI is InChI=1S/C22H30N2O3/c1-16(2)14-20(23-11-5-6-12-23)22(25)24-13-7-8-19(24)18-10-9-17(26-3)15-21(18)27-4/h5-6,9-12,15-16,19-20H,7-8,13-14H2,1-4H3/t19?,20-/m0/s1. The van der Waals surface area contributed by atoms with Gasteiger partial charge in [0.15, 0.2) is 0 Å². The van der Waals surface area contributed by atoms with Crippen molar-refractivity contribution < 1.29 is 14.3 Å². The summed E-state index contributed by atoms with van der Waals surface area (Å²) in [5, 5.41) is 0. The molecule has 27 heavy (non-hydrogen) atoms. The second-order valence-electron chi connectivity index (χ2n) is 7.57. The fourth-order valence-corrected chi connectivity index (χ4v) is 3.99. The molecule has 3 rings (SSSR count). The first-order chi connectivity index (χ1) is 13.0. The Balaban J connectivity index is 1.90. The molecule has 0 N–H and O–H groups in total. The number of likely N-dealkylation sites (tertiary alicyclic amines) is 1. The number of hydrogen-bond donors (Lipinski definition) is 0. The number of amides is 1. The van der Waals surface area contributed by atoms with Crippen molar-refractivity contribution in [3.8, 4) is 11.5 Å². The van der Waals surface area contributed by atoms with E-state index in [1.165, 1.54) is 0 Å². The number of ether oxygens (including phenoxy) is 2. The van der Waals surface area contributed by atoms with Crippen LogP contribution in [0.1, 0.15) is 50.8 Å². The monoisotopic (exact) mass is 370 g/mol. The van der Waals surface area contributed by atoms with Crippen LogP contribution in [-0.4, -0.2) is 36.1 Å². The van der Waals surface area contributed by atoms with E-state index in [0.717, 1.165) is 42.9 Å². The van der Waals surface area contributed by atoms with Gasteiger partial charge >= 0.3 is 0 Å². The molecule has 2 atom stereocenters. The largest absolute Gasteiger partial charge is 0.497 e. The topological polar surface area (TPSA) is 43.7 Å². The van der Waals surface area contributed by atoms with Crippen molar-refractivity contribution in [2.24, 2.45) is 5.92 Å². The SMILES string of the molecule is COc1ccc(C2CCCN2C(=O)[C@H](CC(C)C)n2cccc2)c(OC)c1. The lowest BCUT2D eigenvalue weighted by Gasteiger charge is -2.31. The molecule has 1 saturated heterocycles. The maximum atomic E-state index is 13.5. The lowest BCUT2D eigenvalue weighted by atomic mass is 9.99. The zero-order chi connectivity index (χ0) is 19.4. The summed E-state index contributed by atoms with van der Waals surface area (Å²) in [7, 11) is 3.31. The third-order valence-electron chi connectivity index (χ3n) is 5.30. The van der Waals surface area contributed by atoms with Crippen LogP contribution in [0.25, 0.3) is 0 Å². The van der Waals surface area contributed by atoms with E-state index >= 15 is 0 Å². The Kier molecular flexibility index (Phi) is 6.09. The molecule has 5 nitrogen and oxygen atoms in total. The van der Waals surface area contributed by atoms with Crippen molar-refractivity contribution >= 4 is 5.91 Å². The van der Waals surface area contributed by atoms with E-state index in [2.05, 4.69) is 13.8 Å². The number of benzene rings is 1. The van der Waals surface area contributed by atoms with Gasteiger partial charge in [0, 0.05) is 30.6 Å². The van der Waals surface area contributed by atoms with E-state index in [-0.39, 0.29) is 18.0 Å². The second kappa shape index (κ2) is 8.51. The highest BCUT2D eigenvalue weighted by Crippen LogP contribution is 2.40. The van der Waals surface area contributed by atoms with Crippen molar-refractivity contribution in [1.29, 1.82) is 0 Å². The molecule has 0 bridgehead atoms. The summed E-state index contributed by atoms with van der Waals surface area (Å²) in [4.78, 5) is 15.6. The summed E-state index contributed by atoms with van der Waals surface area (Å²) in [6.45, 7) is 5.12. The average Bonchev–Trinajstić information content (AvgIpc) is 3.36. The number of aromatic nitrogens is 1. The molecule has 146 valence electrons. The lowest BCUT2D eigenvalue weighted by Crippen LogP contribution is -2.37. The molecular formula is C22H30N2O3. The quantitative estimate of drug-likeness (QED) is 0.723. The van der Waals surface area contributed by atoms with Gasteiger partial charge in [-0.15, -0.1) is 0 Å². The summed E-state index contributed by atoms with van der Waals surface area (Å²) >= 11 is 0. The number of rotatable bonds is 7. The molecule has 0 spiro atoms. The number of carbonyl (C=O) groups is 1. The molecule has 1 unspecified atom stereocenters. The minimum atomic E-state index is -0.162. The maximum Gasteiger partial charge on any atom is 0.246 e. The van der Waals surface area contributed by atoms with Crippen molar-refractivity contribution in [2.75, 3.05) is 20.8 Å². The lowest BCUT2D eigenvalue weighted by molar-refractivity contribution is -0.136. The third kappa shape index (κ3) is 4.12. The first-order valence-corrected chi connectivity index (χ1v) is 9.70. The number of nitrogens with zero attached hydrogens (tertiary/aromatic N) is 2. The van der Waals surface area contributed by atoms with E-state index in [1.807, 2.05) is 52.2 Å². The van der Waals surface area contributed by atoms with Gasteiger partial charge in [-0.05, 0) is 49.4 Å². The maximum absolute atomic E-state index is 13.5. The molecule has 2 heterocycles. The zero-order valence-electron chi connectivity index (χ0n) is 16.7. The van der Waals surface area contributed by atoms with Crippen LogP contribution in [0.3, 0.4) is 0 Å². The zero-order valence-corrected chi connectivity index (χ0v) is 16.7. The van der Waals surface area contributed by atoms with Crippen LogP contribution in [0.2, 0.25) is 0 Å². The number of hydrogen-bond acceptors (Lipinski definition) is 3. The molecule has 0 aliphatic carbocycles. The van der Waals surface area contributed by atoms with Gasteiger partial charge in [-0.2, -0.15) is 0 Å². The van der Waals surface area contributed by atoms with E-state index in [9.17, 15) is 4.79 Å². The van der Waals surface area contributed by atoms with E-state index < -0.39 is 0 Å². The van der Waals surface area contributed by atoms with Crippen molar-refractivity contribution in [1.82, 2.24) is 9.47 Å². The van der Waals surface area contributed by atoms with Crippen LogP contribution in [0.4, 0.5) is 0 Å². The molecule has 2 aromatic rings. The third-order valence-corrected chi connectivity index (χ3v) is 5.30. The highest BCUT2D eigenvalue weighted by atomic mass is 16.5. The van der Waals surface area contributed by atoms with Gasteiger partial charge in [0.2, 0.25) is 5.91 Å². The number of carbonyl (C=O) groups excluding carboxylic acids is 1. The summed E-state index contributed by atoms with van der Waals surface area (Å²) in [5.41, 5.74) is 1.06. The van der Waals surface area contributed by atoms with Crippen LogP contribution >= 0.6 is 0 Å². The molecule has 1 amide bonds. The molecule has 1 aromatic carbocycles. The van der Waals surface area contributed by atoms with Gasteiger partial charge in [-0.25, -0.2) is 0 Å². The van der Waals surface area contributed by atoms with Crippen LogP contribution in [0, 0.1) is 5.92 Å². The predicted molar refractivity (Wildman–Crippen MR) is 106 cm³/mol. The van der Waals surface area contributed by atoms with Crippen LogP contribution < -0.4 is 9.47 Å². The molecule has 5 heteroatoms. The predicted octanol–water partition coefficient (Wildman–Crippen LogP) is 4.46. The van der Waals surface area contributed by atoms with Gasteiger partial charge in [0.25, 0.3) is 0 Å². The summed E-state index contributed by atoms with van der Waals surface area (Å²) in [5.74, 6) is 2.18.